The van der Waals surface area contributed by atoms with Crippen LogP contribution in [0.3, 0.4) is 0 Å². The molecule has 1 amide bonds. The molecule has 0 saturated carbocycles. The van der Waals surface area contributed by atoms with E-state index in [0.717, 1.165) is 24.4 Å². The molecule has 0 radical (unpaired) electrons. The molecule has 1 aliphatic heterocycles. The van der Waals surface area contributed by atoms with Crippen molar-refractivity contribution in [3.8, 4) is 0 Å². The van der Waals surface area contributed by atoms with Crippen LogP contribution in [0, 0.1) is 5.92 Å². The predicted molar refractivity (Wildman–Crippen MR) is 110 cm³/mol. The average molecular weight is 430 g/mol. The number of hydrogen-bond donors (Lipinski definition) is 3. The van der Waals surface area contributed by atoms with E-state index in [1.54, 1.807) is 12.1 Å². The van der Waals surface area contributed by atoms with Gasteiger partial charge in [0.05, 0.1) is 4.90 Å². The lowest BCUT2D eigenvalue weighted by Crippen LogP contribution is -2.50. The maximum Gasteiger partial charge on any atom is 0.251 e. The number of piperidine rings is 1. The third kappa shape index (κ3) is 5.76. The lowest BCUT2D eigenvalue weighted by Gasteiger charge is -2.30. The molecule has 3 N–H and O–H groups in total. The lowest BCUT2D eigenvalue weighted by molar-refractivity contribution is 0.0915. The van der Waals surface area contributed by atoms with Crippen molar-refractivity contribution < 1.29 is 13.2 Å². The van der Waals surface area contributed by atoms with Gasteiger partial charge in [-0.2, -0.15) is 0 Å². The standard InChI is InChI=1S/C18H23N3O3S2.ClH/c1-13-7-8-19-12-17(13)21-18(22)14-4-2-6-16(10-14)26(23,24)20-11-15-5-3-9-25-15;/h2-6,9-10,13,17,19-20H,7-8,11-12H2,1H3,(H,21,22);1H. The van der Waals surface area contributed by atoms with Crippen molar-refractivity contribution in [2.24, 2.45) is 5.92 Å². The molecule has 2 unspecified atom stereocenters. The highest BCUT2D eigenvalue weighted by Gasteiger charge is 2.23. The van der Waals surface area contributed by atoms with Gasteiger partial charge in [-0.1, -0.05) is 19.1 Å². The van der Waals surface area contributed by atoms with Gasteiger partial charge < -0.3 is 10.6 Å². The number of sulfonamides is 1. The topological polar surface area (TPSA) is 87.3 Å². The summed E-state index contributed by atoms with van der Waals surface area (Å²) in [6, 6.07) is 9.95. The first-order valence-corrected chi connectivity index (χ1v) is 11.0. The second kappa shape index (κ2) is 9.66. The molecule has 3 rings (SSSR count). The van der Waals surface area contributed by atoms with Gasteiger partial charge in [-0.15, -0.1) is 23.7 Å². The molecule has 2 heterocycles. The van der Waals surface area contributed by atoms with Crippen molar-refractivity contribution in [1.82, 2.24) is 15.4 Å². The van der Waals surface area contributed by atoms with Gasteiger partial charge in [0.2, 0.25) is 10.0 Å². The van der Waals surface area contributed by atoms with Gasteiger partial charge >= 0.3 is 0 Å². The zero-order valence-corrected chi connectivity index (χ0v) is 17.4. The second-order valence-corrected chi connectivity index (χ2v) is 9.28. The summed E-state index contributed by atoms with van der Waals surface area (Å²) in [5.74, 6) is 0.139. The summed E-state index contributed by atoms with van der Waals surface area (Å²) in [5, 5.41) is 8.17. The molecule has 0 spiro atoms. The van der Waals surface area contributed by atoms with Gasteiger partial charge in [-0.25, -0.2) is 13.1 Å². The van der Waals surface area contributed by atoms with E-state index >= 15 is 0 Å². The number of thiophene rings is 1. The van der Waals surface area contributed by atoms with E-state index in [1.807, 2.05) is 17.5 Å². The molecule has 2 aromatic rings. The normalized spacial score (nSPS) is 19.9. The summed E-state index contributed by atoms with van der Waals surface area (Å²) in [7, 11) is -3.67. The van der Waals surface area contributed by atoms with Crippen molar-refractivity contribution in [1.29, 1.82) is 0 Å². The highest BCUT2D eigenvalue weighted by atomic mass is 35.5. The molecular formula is C18H24ClN3O3S2. The molecule has 27 heavy (non-hydrogen) atoms. The SMILES string of the molecule is CC1CCNCC1NC(=O)c1cccc(S(=O)(=O)NCc2cccs2)c1.Cl. The fourth-order valence-corrected chi connectivity index (χ4v) is 4.69. The highest BCUT2D eigenvalue weighted by molar-refractivity contribution is 7.89. The summed E-state index contributed by atoms with van der Waals surface area (Å²) in [6.45, 7) is 4.04. The van der Waals surface area contributed by atoms with E-state index in [1.165, 1.54) is 23.5 Å². The van der Waals surface area contributed by atoms with Crippen molar-refractivity contribution >= 4 is 39.7 Å². The fourth-order valence-electron chi connectivity index (χ4n) is 2.90. The van der Waals surface area contributed by atoms with Crippen LogP contribution in [-0.2, 0) is 16.6 Å². The Hall–Kier alpha value is -1.45. The molecule has 9 heteroatoms. The quantitative estimate of drug-likeness (QED) is 0.657. The molecule has 0 aliphatic carbocycles. The van der Waals surface area contributed by atoms with Gasteiger partial charge in [0.1, 0.15) is 0 Å². The number of hydrogen-bond acceptors (Lipinski definition) is 5. The third-order valence-corrected chi connectivity index (χ3v) is 6.84. The van der Waals surface area contributed by atoms with Gasteiger partial charge in [-0.3, -0.25) is 4.79 Å². The van der Waals surface area contributed by atoms with Crippen LogP contribution in [0.25, 0.3) is 0 Å². The molecule has 1 fully saturated rings. The van der Waals surface area contributed by atoms with Crippen LogP contribution in [0.4, 0.5) is 0 Å². The number of nitrogens with one attached hydrogen (secondary N) is 3. The molecular weight excluding hydrogens is 406 g/mol. The van der Waals surface area contributed by atoms with E-state index in [9.17, 15) is 13.2 Å². The van der Waals surface area contributed by atoms with E-state index < -0.39 is 10.0 Å². The molecule has 1 aromatic heterocycles. The Morgan fingerprint density at radius 1 is 1.30 bits per heavy atom. The summed E-state index contributed by atoms with van der Waals surface area (Å²) in [4.78, 5) is 13.6. The van der Waals surface area contributed by atoms with Crippen LogP contribution >= 0.6 is 23.7 Å². The van der Waals surface area contributed by atoms with Crippen LogP contribution < -0.4 is 15.4 Å². The Labute approximate surface area is 170 Å². The number of rotatable bonds is 6. The van der Waals surface area contributed by atoms with Crippen LogP contribution in [0.2, 0.25) is 0 Å². The van der Waals surface area contributed by atoms with E-state index in [4.69, 9.17) is 0 Å². The van der Waals surface area contributed by atoms with Crippen molar-refractivity contribution in [2.75, 3.05) is 13.1 Å². The van der Waals surface area contributed by atoms with Gasteiger partial charge in [-0.05, 0) is 48.5 Å². The number of amides is 1. The van der Waals surface area contributed by atoms with E-state index in [0.29, 0.717) is 11.5 Å². The zero-order chi connectivity index (χ0) is 18.6. The first kappa shape index (κ1) is 21.8. The summed E-state index contributed by atoms with van der Waals surface area (Å²) in [6.07, 6.45) is 1.01. The van der Waals surface area contributed by atoms with E-state index in [-0.39, 0.29) is 35.8 Å². The predicted octanol–water partition coefficient (Wildman–Crippen LogP) is 2.38. The molecule has 2 atom stereocenters. The summed E-state index contributed by atoms with van der Waals surface area (Å²) < 4.78 is 27.6. The van der Waals surface area contributed by atoms with Gasteiger partial charge in [0.25, 0.3) is 5.91 Å². The first-order valence-electron chi connectivity index (χ1n) is 8.59. The molecule has 0 bridgehead atoms. The molecule has 6 nitrogen and oxygen atoms in total. The molecule has 1 aromatic carbocycles. The van der Waals surface area contributed by atoms with Crippen molar-refractivity contribution in [3.63, 3.8) is 0 Å². The third-order valence-electron chi connectivity index (χ3n) is 4.57. The zero-order valence-electron chi connectivity index (χ0n) is 15.0. The Bertz CT molecular complexity index is 856. The Morgan fingerprint density at radius 3 is 2.81 bits per heavy atom. The Morgan fingerprint density at radius 2 is 2.11 bits per heavy atom. The largest absolute Gasteiger partial charge is 0.348 e. The second-order valence-electron chi connectivity index (χ2n) is 6.48. The summed E-state index contributed by atoms with van der Waals surface area (Å²) in [5.41, 5.74) is 0.349. The summed E-state index contributed by atoms with van der Waals surface area (Å²) >= 11 is 1.49. The van der Waals surface area contributed by atoms with Crippen LogP contribution in [0.5, 0.6) is 0 Å². The van der Waals surface area contributed by atoms with Crippen molar-refractivity contribution in [3.05, 3.63) is 52.2 Å². The molecule has 1 saturated heterocycles. The monoisotopic (exact) mass is 429 g/mol. The smallest absolute Gasteiger partial charge is 0.251 e. The maximum atomic E-state index is 12.5. The van der Waals surface area contributed by atoms with Gasteiger partial charge in [0.15, 0.2) is 0 Å². The van der Waals surface area contributed by atoms with Crippen LogP contribution in [0.15, 0.2) is 46.7 Å². The number of carbonyl (C=O) groups is 1. The van der Waals surface area contributed by atoms with Crippen LogP contribution in [-0.4, -0.2) is 33.5 Å². The fraction of sp³-hybridized carbons (Fsp3) is 0.389. The van der Waals surface area contributed by atoms with Crippen molar-refractivity contribution in [2.45, 2.75) is 30.8 Å². The average Bonchev–Trinajstić information content (AvgIpc) is 3.16. The molecule has 148 valence electrons. The highest BCUT2D eigenvalue weighted by Crippen LogP contribution is 2.16. The number of halogens is 1. The Kier molecular flexibility index (Phi) is 7.81. The molecule has 1 aliphatic rings. The number of benzene rings is 1. The van der Waals surface area contributed by atoms with Crippen LogP contribution in [0.1, 0.15) is 28.6 Å². The Balaban J connectivity index is 0.00000261. The lowest BCUT2D eigenvalue weighted by atomic mass is 9.94. The minimum Gasteiger partial charge on any atom is -0.348 e. The van der Waals surface area contributed by atoms with E-state index in [2.05, 4.69) is 22.3 Å². The minimum absolute atomic E-state index is 0. The first-order chi connectivity index (χ1) is 12.5. The minimum atomic E-state index is -3.67. The van der Waals surface area contributed by atoms with Gasteiger partial charge in [0, 0.05) is 29.6 Å². The number of carbonyl (C=O) groups excluding carboxylic acids is 1. The maximum absolute atomic E-state index is 12.5.